The van der Waals surface area contributed by atoms with E-state index in [9.17, 15) is 4.79 Å². The van der Waals surface area contributed by atoms with Gasteiger partial charge in [-0.25, -0.2) is 0 Å². The van der Waals surface area contributed by atoms with E-state index in [0.29, 0.717) is 11.5 Å². The summed E-state index contributed by atoms with van der Waals surface area (Å²) in [7, 11) is 0. The van der Waals surface area contributed by atoms with Crippen LogP contribution < -0.4 is 5.32 Å². The summed E-state index contributed by atoms with van der Waals surface area (Å²) in [6.45, 7) is 5.61. The highest BCUT2D eigenvalue weighted by molar-refractivity contribution is 7.09. The Balaban J connectivity index is 1.48. The highest BCUT2D eigenvalue weighted by atomic mass is 32.1. The van der Waals surface area contributed by atoms with Crippen LogP contribution in [0.4, 0.5) is 0 Å². The molecule has 0 unspecified atom stereocenters. The van der Waals surface area contributed by atoms with E-state index in [1.54, 1.807) is 6.20 Å². The summed E-state index contributed by atoms with van der Waals surface area (Å²) < 4.78 is 0. The van der Waals surface area contributed by atoms with Gasteiger partial charge in [-0.2, -0.15) is 0 Å². The van der Waals surface area contributed by atoms with Crippen LogP contribution in [0, 0.1) is 5.92 Å². The predicted molar refractivity (Wildman–Crippen MR) is 103 cm³/mol. The van der Waals surface area contributed by atoms with Crippen molar-refractivity contribution in [1.82, 2.24) is 15.2 Å². The average Bonchev–Trinajstić information content (AvgIpc) is 3.16. The third-order valence-electron chi connectivity index (χ3n) is 4.78. The van der Waals surface area contributed by atoms with Crippen LogP contribution in [0.1, 0.15) is 47.1 Å². The van der Waals surface area contributed by atoms with Crippen molar-refractivity contribution in [3.8, 4) is 0 Å². The van der Waals surface area contributed by atoms with Crippen LogP contribution in [-0.2, 0) is 13.0 Å². The lowest BCUT2D eigenvalue weighted by Gasteiger charge is -2.32. The molecule has 25 heavy (non-hydrogen) atoms. The summed E-state index contributed by atoms with van der Waals surface area (Å²) in [5, 5.41) is 5.47. The maximum absolute atomic E-state index is 12.7. The number of carbonyl (C=O) groups is 1. The molecular formula is C20H27N3OS. The van der Waals surface area contributed by atoms with E-state index < -0.39 is 0 Å². The fraction of sp³-hybridized carbons (Fsp3) is 0.500. The Morgan fingerprint density at radius 2 is 2.16 bits per heavy atom. The minimum absolute atomic E-state index is 0.121. The molecule has 1 aliphatic heterocycles. The zero-order valence-corrected chi connectivity index (χ0v) is 15.7. The molecule has 3 heterocycles. The highest BCUT2D eigenvalue weighted by Gasteiger charge is 2.24. The molecule has 1 aliphatic rings. The largest absolute Gasteiger partial charge is 0.339 e. The molecule has 3 rings (SSSR count). The second-order valence-electron chi connectivity index (χ2n) is 6.73. The first-order valence-electron chi connectivity index (χ1n) is 9.23. The van der Waals surface area contributed by atoms with Gasteiger partial charge in [0.2, 0.25) is 0 Å². The van der Waals surface area contributed by atoms with Gasteiger partial charge < -0.3 is 10.2 Å². The molecule has 1 fully saturated rings. The van der Waals surface area contributed by atoms with E-state index in [1.807, 2.05) is 28.4 Å². The molecule has 1 amide bonds. The van der Waals surface area contributed by atoms with Crippen LogP contribution in [-0.4, -0.2) is 35.4 Å². The Kier molecular flexibility index (Phi) is 6.59. The molecule has 134 valence electrons. The summed E-state index contributed by atoms with van der Waals surface area (Å²) in [5.41, 5.74) is 1.69. The molecule has 2 aromatic heterocycles. The van der Waals surface area contributed by atoms with Gasteiger partial charge in [0, 0.05) is 30.7 Å². The quantitative estimate of drug-likeness (QED) is 0.768. The molecule has 0 aliphatic carbocycles. The first-order valence-corrected chi connectivity index (χ1v) is 10.1. The third kappa shape index (κ3) is 5.13. The van der Waals surface area contributed by atoms with Gasteiger partial charge in [-0.05, 0) is 61.7 Å². The number of likely N-dealkylation sites (tertiary alicyclic amines) is 1. The molecule has 4 nitrogen and oxygen atoms in total. The number of nitrogens with zero attached hydrogens (tertiary/aromatic N) is 2. The number of rotatable bonds is 7. The zero-order valence-electron chi connectivity index (χ0n) is 14.9. The number of carbonyl (C=O) groups excluding carboxylic acids is 1. The number of amides is 1. The number of piperidine rings is 1. The van der Waals surface area contributed by atoms with Crippen LogP contribution in [0.15, 0.2) is 35.8 Å². The number of hydrogen-bond acceptors (Lipinski definition) is 4. The second-order valence-corrected chi connectivity index (χ2v) is 7.77. The minimum atomic E-state index is 0.121. The van der Waals surface area contributed by atoms with E-state index in [-0.39, 0.29) is 5.91 Å². The van der Waals surface area contributed by atoms with E-state index in [0.717, 1.165) is 57.6 Å². The zero-order chi connectivity index (χ0) is 17.5. The monoisotopic (exact) mass is 357 g/mol. The standard InChI is InChI=1S/C20H27N3OS/c1-2-9-21-15-18-6-5-17(14-22-18)20(24)23-10-7-16(8-11-23)13-19-4-3-12-25-19/h3-6,12,14,16,21H,2,7-11,13,15H2,1H3. The van der Waals surface area contributed by atoms with Gasteiger partial charge in [0.25, 0.3) is 5.91 Å². The maximum Gasteiger partial charge on any atom is 0.255 e. The summed E-state index contributed by atoms with van der Waals surface area (Å²) in [6, 6.07) is 8.20. The molecule has 0 saturated carbocycles. The fourth-order valence-corrected chi connectivity index (χ4v) is 4.11. The van der Waals surface area contributed by atoms with Gasteiger partial charge in [-0.1, -0.05) is 13.0 Å². The number of hydrogen-bond donors (Lipinski definition) is 1. The summed E-state index contributed by atoms with van der Waals surface area (Å²) in [4.78, 5) is 20.5. The Hall–Kier alpha value is -1.72. The molecule has 0 radical (unpaired) electrons. The Labute approximate surface area is 154 Å². The van der Waals surface area contributed by atoms with Gasteiger partial charge in [0.15, 0.2) is 0 Å². The lowest BCUT2D eigenvalue weighted by Crippen LogP contribution is -2.38. The Morgan fingerprint density at radius 1 is 1.32 bits per heavy atom. The molecule has 0 spiro atoms. The van der Waals surface area contributed by atoms with Crippen molar-refractivity contribution >= 4 is 17.2 Å². The van der Waals surface area contributed by atoms with Gasteiger partial charge in [-0.3, -0.25) is 9.78 Å². The van der Waals surface area contributed by atoms with Gasteiger partial charge >= 0.3 is 0 Å². The normalized spacial score (nSPS) is 15.5. The van der Waals surface area contributed by atoms with Crippen molar-refractivity contribution in [2.75, 3.05) is 19.6 Å². The number of aromatic nitrogens is 1. The lowest BCUT2D eigenvalue weighted by molar-refractivity contribution is 0.0690. The van der Waals surface area contributed by atoms with Crippen molar-refractivity contribution in [3.63, 3.8) is 0 Å². The Morgan fingerprint density at radius 3 is 2.80 bits per heavy atom. The van der Waals surface area contributed by atoms with Crippen molar-refractivity contribution < 1.29 is 4.79 Å². The van der Waals surface area contributed by atoms with Gasteiger partial charge in [0.1, 0.15) is 0 Å². The van der Waals surface area contributed by atoms with Crippen molar-refractivity contribution in [2.24, 2.45) is 5.92 Å². The summed E-state index contributed by atoms with van der Waals surface area (Å²) in [5.74, 6) is 0.822. The number of pyridine rings is 1. The molecule has 0 bridgehead atoms. The molecular weight excluding hydrogens is 330 g/mol. The molecule has 1 N–H and O–H groups in total. The molecule has 2 aromatic rings. The number of nitrogens with one attached hydrogen (secondary N) is 1. The molecule has 0 aromatic carbocycles. The van der Waals surface area contributed by atoms with E-state index in [1.165, 1.54) is 4.88 Å². The highest BCUT2D eigenvalue weighted by Crippen LogP contribution is 2.24. The van der Waals surface area contributed by atoms with Crippen LogP contribution in [0.3, 0.4) is 0 Å². The SMILES string of the molecule is CCCNCc1ccc(C(=O)N2CCC(Cc3cccs3)CC2)cn1. The van der Waals surface area contributed by atoms with E-state index >= 15 is 0 Å². The molecule has 5 heteroatoms. The third-order valence-corrected chi connectivity index (χ3v) is 5.68. The fourth-order valence-electron chi connectivity index (χ4n) is 3.28. The van der Waals surface area contributed by atoms with Gasteiger partial charge in [0.05, 0.1) is 11.3 Å². The summed E-state index contributed by atoms with van der Waals surface area (Å²) in [6.07, 6.45) is 6.18. The van der Waals surface area contributed by atoms with Crippen molar-refractivity contribution in [1.29, 1.82) is 0 Å². The van der Waals surface area contributed by atoms with E-state index in [4.69, 9.17) is 0 Å². The topological polar surface area (TPSA) is 45.2 Å². The predicted octanol–water partition coefficient (Wildman–Crippen LogP) is 3.74. The van der Waals surface area contributed by atoms with E-state index in [2.05, 4.69) is 34.7 Å². The first kappa shape index (κ1) is 18.1. The second kappa shape index (κ2) is 9.11. The number of thiophene rings is 1. The van der Waals surface area contributed by atoms with Crippen LogP contribution in [0.2, 0.25) is 0 Å². The van der Waals surface area contributed by atoms with Gasteiger partial charge in [-0.15, -0.1) is 11.3 Å². The average molecular weight is 358 g/mol. The van der Waals surface area contributed by atoms with Crippen molar-refractivity contribution in [3.05, 3.63) is 52.0 Å². The Bertz CT molecular complexity index is 646. The maximum atomic E-state index is 12.7. The molecule has 1 saturated heterocycles. The first-order chi connectivity index (χ1) is 12.3. The minimum Gasteiger partial charge on any atom is -0.339 e. The lowest BCUT2D eigenvalue weighted by atomic mass is 9.92. The van der Waals surface area contributed by atoms with Crippen LogP contribution >= 0.6 is 11.3 Å². The van der Waals surface area contributed by atoms with Crippen LogP contribution in [0.5, 0.6) is 0 Å². The van der Waals surface area contributed by atoms with Crippen molar-refractivity contribution in [2.45, 2.75) is 39.2 Å². The van der Waals surface area contributed by atoms with Crippen LogP contribution in [0.25, 0.3) is 0 Å². The molecule has 0 atom stereocenters. The summed E-state index contributed by atoms with van der Waals surface area (Å²) >= 11 is 1.83. The smallest absolute Gasteiger partial charge is 0.255 e.